The molecule has 0 aromatic carbocycles. The summed E-state index contributed by atoms with van der Waals surface area (Å²) < 4.78 is 4.93. The van der Waals surface area contributed by atoms with E-state index in [4.69, 9.17) is 4.74 Å². The highest BCUT2D eigenvalue weighted by Crippen LogP contribution is 2.10. The van der Waals surface area contributed by atoms with Gasteiger partial charge in [-0.05, 0) is 26.7 Å². The lowest BCUT2D eigenvalue weighted by molar-refractivity contribution is -0.145. The van der Waals surface area contributed by atoms with E-state index in [-0.39, 0.29) is 23.8 Å². The van der Waals surface area contributed by atoms with Gasteiger partial charge in [-0.3, -0.25) is 9.59 Å². The van der Waals surface area contributed by atoms with Gasteiger partial charge in [0.05, 0.1) is 6.10 Å². The van der Waals surface area contributed by atoms with Crippen LogP contribution < -0.4 is 0 Å². The molecule has 0 fully saturated rings. The Morgan fingerprint density at radius 1 is 1.15 bits per heavy atom. The maximum absolute atomic E-state index is 10.9. The fourth-order valence-corrected chi connectivity index (χ4v) is 1.03. The number of ether oxygens (including phenoxy) is 1. The van der Waals surface area contributed by atoms with Crippen molar-refractivity contribution in [1.29, 1.82) is 0 Å². The first kappa shape index (κ1) is 12.1. The highest BCUT2D eigenvalue weighted by molar-refractivity contribution is 5.77. The zero-order valence-electron chi connectivity index (χ0n) is 8.79. The monoisotopic (exact) mass is 186 g/mol. The zero-order valence-corrected chi connectivity index (χ0v) is 8.79. The Labute approximate surface area is 79.5 Å². The number of carbonyl (C=O) groups is 2. The van der Waals surface area contributed by atoms with E-state index >= 15 is 0 Å². The number of esters is 1. The number of ketones is 1. The first-order chi connectivity index (χ1) is 5.93. The second kappa shape index (κ2) is 5.73. The Morgan fingerprint density at radius 2 is 1.69 bits per heavy atom. The van der Waals surface area contributed by atoms with Gasteiger partial charge in [-0.25, -0.2) is 0 Å². The Bertz CT molecular complexity index is 187. The van der Waals surface area contributed by atoms with Crippen molar-refractivity contribution in [3.8, 4) is 0 Å². The van der Waals surface area contributed by atoms with E-state index in [9.17, 15) is 9.59 Å². The summed E-state index contributed by atoms with van der Waals surface area (Å²) in [6, 6.07) is 0. The van der Waals surface area contributed by atoms with Crippen LogP contribution in [0.1, 0.15) is 40.5 Å². The molecule has 2 atom stereocenters. The van der Waals surface area contributed by atoms with Crippen molar-refractivity contribution in [2.45, 2.75) is 46.6 Å². The molecule has 0 aliphatic carbocycles. The SMILES string of the molecule is CC(=O)OC(C)CCC(C)C(C)=O. The van der Waals surface area contributed by atoms with Gasteiger partial charge in [0.1, 0.15) is 5.78 Å². The molecule has 0 aromatic rings. The molecule has 0 heterocycles. The van der Waals surface area contributed by atoms with Gasteiger partial charge in [-0.1, -0.05) is 6.92 Å². The molecule has 0 saturated carbocycles. The van der Waals surface area contributed by atoms with E-state index in [1.165, 1.54) is 6.92 Å². The Hall–Kier alpha value is -0.860. The summed E-state index contributed by atoms with van der Waals surface area (Å²) in [6.45, 7) is 6.71. The highest BCUT2D eigenvalue weighted by Gasteiger charge is 2.11. The largest absolute Gasteiger partial charge is 0.463 e. The molecule has 0 saturated heterocycles. The molecular formula is C10H18O3. The topological polar surface area (TPSA) is 43.4 Å². The van der Waals surface area contributed by atoms with Gasteiger partial charge in [0.15, 0.2) is 0 Å². The van der Waals surface area contributed by atoms with Crippen molar-refractivity contribution in [3.05, 3.63) is 0 Å². The Kier molecular flexibility index (Phi) is 5.35. The van der Waals surface area contributed by atoms with Crippen molar-refractivity contribution >= 4 is 11.8 Å². The van der Waals surface area contributed by atoms with Crippen LogP contribution in [-0.4, -0.2) is 17.9 Å². The molecule has 0 rings (SSSR count). The molecule has 0 N–H and O–H groups in total. The third-order valence-corrected chi connectivity index (χ3v) is 2.07. The summed E-state index contributed by atoms with van der Waals surface area (Å²) in [5.74, 6) is -0.00369. The van der Waals surface area contributed by atoms with Crippen LogP contribution in [0.4, 0.5) is 0 Å². The lowest BCUT2D eigenvalue weighted by Crippen LogP contribution is -2.15. The standard InChI is InChI=1S/C10H18O3/c1-7(9(3)11)5-6-8(2)13-10(4)12/h7-8H,5-6H2,1-4H3. The second-order valence-corrected chi connectivity index (χ2v) is 3.51. The van der Waals surface area contributed by atoms with Gasteiger partial charge in [0.25, 0.3) is 0 Å². The van der Waals surface area contributed by atoms with E-state index < -0.39 is 0 Å². The van der Waals surface area contributed by atoms with Crippen LogP contribution in [-0.2, 0) is 14.3 Å². The minimum atomic E-state index is -0.261. The van der Waals surface area contributed by atoms with E-state index in [2.05, 4.69) is 0 Å². The zero-order chi connectivity index (χ0) is 10.4. The normalized spacial score (nSPS) is 14.8. The summed E-state index contributed by atoms with van der Waals surface area (Å²) >= 11 is 0. The lowest BCUT2D eigenvalue weighted by atomic mass is 10.00. The Balaban J connectivity index is 3.63. The van der Waals surface area contributed by atoms with Crippen LogP contribution in [0.5, 0.6) is 0 Å². The fourth-order valence-electron chi connectivity index (χ4n) is 1.03. The molecule has 0 spiro atoms. The van der Waals surface area contributed by atoms with Crippen LogP contribution in [0.15, 0.2) is 0 Å². The number of Topliss-reactive ketones (excluding diaryl/α,β-unsaturated/α-hetero) is 1. The van der Waals surface area contributed by atoms with Gasteiger partial charge in [-0.2, -0.15) is 0 Å². The maximum atomic E-state index is 10.9. The van der Waals surface area contributed by atoms with E-state index in [0.717, 1.165) is 12.8 Å². The molecule has 0 radical (unpaired) electrons. The molecule has 0 bridgehead atoms. The molecule has 76 valence electrons. The maximum Gasteiger partial charge on any atom is 0.302 e. The molecule has 0 aliphatic rings. The van der Waals surface area contributed by atoms with Crippen LogP contribution in [0.25, 0.3) is 0 Å². The van der Waals surface area contributed by atoms with Crippen molar-refractivity contribution in [2.24, 2.45) is 5.92 Å². The molecule has 0 aliphatic heterocycles. The van der Waals surface area contributed by atoms with E-state index in [0.29, 0.717) is 0 Å². The van der Waals surface area contributed by atoms with Crippen molar-refractivity contribution in [1.82, 2.24) is 0 Å². The summed E-state index contributed by atoms with van der Waals surface area (Å²) in [5, 5.41) is 0. The number of hydrogen-bond acceptors (Lipinski definition) is 3. The smallest absolute Gasteiger partial charge is 0.302 e. The predicted molar refractivity (Wildman–Crippen MR) is 50.3 cm³/mol. The molecule has 3 nitrogen and oxygen atoms in total. The molecule has 13 heavy (non-hydrogen) atoms. The van der Waals surface area contributed by atoms with Crippen molar-refractivity contribution in [3.63, 3.8) is 0 Å². The molecule has 0 amide bonds. The summed E-state index contributed by atoms with van der Waals surface area (Å²) in [4.78, 5) is 21.4. The summed E-state index contributed by atoms with van der Waals surface area (Å²) in [6.07, 6.45) is 1.45. The quantitative estimate of drug-likeness (QED) is 0.616. The van der Waals surface area contributed by atoms with E-state index in [1.54, 1.807) is 6.92 Å². The second-order valence-electron chi connectivity index (χ2n) is 3.51. The minimum Gasteiger partial charge on any atom is -0.463 e. The number of hydrogen-bond donors (Lipinski definition) is 0. The van der Waals surface area contributed by atoms with Gasteiger partial charge in [-0.15, -0.1) is 0 Å². The van der Waals surface area contributed by atoms with Crippen LogP contribution in [0.2, 0.25) is 0 Å². The minimum absolute atomic E-state index is 0.0676. The van der Waals surface area contributed by atoms with Crippen LogP contribution in [0.3, 0.4) is 0 Å². The third-order valence-electron chi connectivity index (χ3n) is 2.07. The average molecular weight is 186 g/mol. The van der Waals surface area contributed by atoms with Crippen LogP contribution >= 0.6 is 0 Å². The number of rotatable bonds is 5. The van der Waals surface area contributed by atoms with Crippen LogP contribution in [0, 0.1) is 5.92 Å². The van der Waals surface area contributed by atoms with Gasteiger partial charge < -0.3 is 4.74 Å². The van der Waals surface area contributed by atoms with Gasteiger partial charge in [0, 0.05) is 12.8 Å². The van der Waals surface area contributed by atoms with Crippen molar-refractivity contribution < 1.29 is 14.3 Å². The molecular weight excluding hydrogens is 168 g/mol. The lowest BCUT2D eigenvalue weighted by Gasteiger charge is -2.13. The first-order valence-electron chi connectivity index (χ1n) is 4.61. The van der Waals surface area contributed by atoms with Gasteiger partial charge >= 0.3 is 5.97 Å². The highest BCUT2D eigenvalue weighted by atomic mass is 16.5. The Morgan fingerprint density at radius 3 is 2.08 bits per heavy atom. The average Bonchev–Trinajstić information content (AvgIpc) is 1.98. The molecule has 2 unspecified atom stereocenters. The molecule has 3 heteroatoms. The summed E-state index contributed by atoms with van der Waals surface area (Å²) in [5.41, 5.74) is 0. The predicted octanol–water partition coefficient (Wildman–Crippen LogP) is 1.94. The van der Waals surface area contributed by atoms with Crippen molar-refractivity contribution in [2.75, 3.05) is 0 Å². The summed E-state index contributed by atoms with van der Waals surface area (Å²) in [7, 11) is 0. The van der Waals surface area contributed by atoms with E-state index in [1.807, 2.05) is 13.8 Å². The first-order valence-corrected chi connectivity index (χ1v) is 4.61. The third kappa shape index (κ3) is 6.31. The fraction of sp³-hybridized carbons (Fsp3) is 0.800. The molecule has 0 aromatic heterocycles. The van der Waals surface area contributed by atoms with Gasteiger partial charge in [0.2, 0.25) is 0 Å². The number of carbonyl (C=O) groups excluding carboxylic acids is 2.